The van der Waals surface area contributed by atoms with Gasteiger partial charge in [0.15, 0.2) is 5.11 Å². The predicted octanol–water partition coefficient (Wildman–Crippen LogP) is 3.33. The number of hydrogen-bond acceptors (Lipinski definition) is 1. The number of aryl methyl sites for hydroxylation is 1. The van der Waals surface area contributed by atoms with Crippen molar-refractivity contribution in [3.63, 3.8) is 0 Å². The molecule has 0 amide bonds. The molecule has 1 aromatic rings. The molecule has 0 saturated carbocycles. The standard InChI is InChI=1S/C13H20N2S/c1-9(2)11(4)14-13(16)15-12-7-5-10(3)6-8-12/h5-9,11H,1-4H3,(H2,14,15,16)/t11-/m1/s1. The molecular weight excluding hydrogens is 216 g/mol. The van der Waals surface area contributed by atoms with Gasteiger partial charge in [0.25, 0.3) is 0 Å². The Kier molecular flexibility index (Phi) is 4.74. The lowest BCUT2D eigenvalue weighted by Gasteiger charge is -2.20. The van der Waals surface area contributed by atoms with Crippen molar-refractivity contribution in [1.29, 1.82) is 0 Å². The Hall–Kier alpha value is -1.09. The molecule has 2 nitrogen and oxygen atoms in total. The topological polar surface area (TPSA) is 24.1 Å². The third kappa shape index (κ3) is 4.19. The molecule has 0 heterocycles. The van der Waals surface area contributed by atoms with Crippen LogP contribution in [0, 0.1) is 12.8 Å². The minimum Gasteiger partial charge on any atom is -0.360 e. The molecule has 0 fully saturated rings. The van der Waals surface area contributed by atoms with Gasteiger partial charge < -0.3 is 10.6 Å². The quantitative estimate of drug-likeness (QED) is 0.787. The molecule has 3 heteroatoms. The molecule has 0 aliphatic rings. The van der Waals surface area contributed by atoms with E-state index in [2.05, 4.69) is 50.5 Å². The van der Waals surface area contributed by atoms with Crippen molar-refractivity contribution in [3.8, 4) is 0 Å². The summed E-state index contributed by atoms with van der Waals surface area (Å²) in [6.07, 6.45) is 0. The smallest absolute Gasteiger partial charge is 0.170 e. The van der Waals surface area contributed by atoms with Gasteiger partial charge in [-0.1, -0.05) is 31.5 Å². The average Bonchev–Trinajstić information content (AvgIpc) is 2.21. The maximum absolute atomic E-state index is 5.24. The maximum Gasteiger partial charge on any atom is 0.170 e. The van der Waals surface area contributed by atoms with Crippen molar-refractivity contribution in [2.45, 2.75) is 33.7 Å². The number of anilines is 1. The minimum atomic E-state index is 0.380. The fourth-order valence-corrected chi connectivity index (χ4v) is 1.48. The molecule has 0 aliphatic carbocycles. The Balaban J connectivity index is 2.48. The van der Waals surface area contributed by atoms with Crippen LogP contribution in [0.3, 0.4) is 0 Å². The highest BCUT2D eigenvalue weighted by Gasteiger charge is 2.07. The van der Waals surface area contributed by atoms with Crippen LogP contribution in [-0.2, 0) is 0 Å². The van der Waals surface area contributed by atoms with Crippen LogP contribution < -0.4 is 10.6 Å². The summed E-state index contributed by atoms with van der Waals surface area (Å²) in [5.74, 6) is 0.567. The second-order valence-corrected chi connectivity index (χ2v) is 4.91. The summed E-state index contributed by atoms with van der Waals surface area (Å²) in [5.41, 5.74) is 2.28. The van der Waals surface area contributed by atoms with Crippen molar-refractivity contribution in [2.24, 2.45) is 5.92 Å². The van der Waals surface area contributed by atoms with E-state index in [1.807, 2.05) is 12.1 Å². The van der Waals surface area contributed by atoms with Gasteiger partial charge in [0.1, 0.15) is 0 Å². The number of thiocarbonyl (C=S) groups is 1. The van der Waals surface area contributed by atoms with E-state index < -0.39 is 0 Å². The lowest BCUT2D eigenvalue weighted by atomic mass is 10.1. The molecular formula is C13H20N2S. The van der Waals surface area contributed by atoms with E-state index in [9.17, 15) is 0 Å². The van der Waals surface area contributed by atoms with E-state index in [0.29, 0.717) is 17.1 Å². The van der Waals surface area contributed by atoms with Crippen LogP contribution in [0.2, 0.25) is 0 Å². The summed E-state index contributed by atoms with van der Waals surface area (Å²) >= 11 is 5.24. The molecule has 0 aliphatic heterocycles. The SMILES string of the molecule is Cc1ccc(NC(=S)N[C@H](C)C(C)C)cc1. The third-order valence-corrected chi connectivity index (χ3v) is 2.89. The van der Waals surface area contributed by atoms with E-state index in [-0.39, 0.29) is 0 Å². The summed E-state index contributed by atoms with van der Waals surface area (Å²) in [4.78, 5) is 0. The number of benzene rings is 1. The van der Waals surface area contributed by atoms with Crippen LogP contribution in [-0.4, -0.2) is 11.2 Å². The molecule has 0 saturated heterocycles. The number of rotatable bonds is 3. The summed E-state index contributed by atoms with van der Waals surface area (Å²) < 4.78 is 0. The van der Waals surface area contributed by atoms with E-state index in [1.165, 1.54) is 5.56 Å². The zero-order valence-electron chi connectivity index (χ0n) is 10.4. The van der Waals surface area contributed by atoms with Crippen molar-refractivity contribution in [1.82, 2.24) is 5.32 Å². The average molecular weight is 236 g/mol. The lowest BCUT2D eigenvalue weighted by molar-refractivity contribution is 0.489. The van der Waals surface area contributed by atoms with E-state index in [1.54, 1.807) is 0 Å². The first-order valence-electron chi connectivity index (χ1n) is 5.63. The summed E-state index contributed by atoms with van der Waals surface area (Å²) in [7, 11) is 0. The van der Waals surface area contributed by atoms with Gasteiger partial charge in [0.2, 0.25) is 0 Å². The van der Waals surface area contributed by atoms with Gasteiger partial charge in [0.05, 0.1) is 0 Å². The Morgan fingerprint density at radius 1 is 1.12 bits per heavy atom. The molecule has 1 aromatic carbocycles. The molecule has 1 rings (SSSR count). The maximum atomic E-state index is 5.24. The highest BCUT2D eigenvalue weighted by atomic mass is 32.1. The van der Waals surface area contributed by atoms with Crippen LogP contribution >= 0.6 is 12.2 Å². The zero-order valence-corrected chi connectivity index (χ0v) is 11.2. The highest BCUT2D eigenvalue weighted by molar-refractivity contribution is 7.80. The van der Waals surface area contributed by atoms with Crippen LogP contribution in [0.4, 0.5) is 5.69 Å². The van der Waals surface area contributed by atoms with Crippen molar-refractivity contribution >= 4 is 23.0 Å². The summed E-state index contributed by atoms with van der Waals surface area (Å²) in [5, 5.41) is 7.12. The Morgan fingerprint density at radius 3 is 2.19 bits per heavy atom. The molecule has 16 heavy (non-hydrogen) atoms. The van der Waals surface area contributed by atoms with Gasteiger partial charge >= 0.3 is 0 Å². The highest BCUT2D eigenvalue weighted by Crippen LogP contribution is 2.08. The van der Waals surface area contributed by atoms with Gasteiger partial charge in [0, 0.05) is 11.7 Å². The van der Waals surface area contributed by atoms with E-state index in [4.69, 9.17) is 12.2 Å². The van der Waals surface area contributed by atoms with Gasteiger partial charge in [-0.25, -0.2) is 0 Å². The first-order valence-corrected chi connectivity index (χ1v) is 6.04. The largest absolute Gasteiger partial charge is 0.360 e. The summed E-state index contributed by atoms with van der Waals surface area (Å²) in [6.45, 7) is 8.55. The van der Waals surface area contributed by atoms with Gasteiger partial charge in [-0.05, 0) is 44.1 Å². The summed E-state index contributed by atoms with van der Waals surface area (Å²) in [6, 6.07) is 8.57. The first-order chi connectivity index (χ1) is 7.49. The van der Waals surface area contributed by atoms with Crippen LogP contribution in [0.15, 0.2) is 24.3 Å². The van der Waals surface area contributed by atoms with Gasteiger partial charge in [-0.3, -0.25) is 0 Å². The second-order valence-electron chi connectivity index (χ2n) is 4.50. The molecule has 0 unspecified atom stereocenters. The van der Waals surface area contributed by atoms with Crippen molar-refractivity contribution in [3.05, 3.63) is 29.8 Å². The second kappa shape index (κ2) is 5.85. The molecule has 0 radical (unpaired) electrons. The molecule has 88 valence electrons. The zero-order chi connectivity index (χ0) is 12.1. The van der Waals surface area contributed by atoms with Crippen LogP contribution in [0.25, 0.3) is 0 Å². The van der Waals surface area contributed by atoms with Crippen molar-refractivity contribution < 1.29 is 0 Å². The molecule has 0 bridgehead atoms. The molecule has 0 spiro atoms. The molecule has 0 aromatic heterocycles. The monoisotopic (exact) mass is 236 g/mol. The minimum absolute atomic E-state index is 0.380. The molecule has 2 N–H and O–H groups in total. The van der Waals surface area contributed by atoms with E-state index in [0.717, 1.165) is 5.69 Å². The first kappa shape index (κ1) is 13.0. The Morgan fingerprint density at radius 2 is 1.69 bits per heavy atom. The van der Waals surface area contributed by atoms with Crippen LogP contribution in [0.5, 0.6) is 0 Å². The van der Waals surface area contributed by atoms with Crippen molar-refractivity contribution in [2.75, 3.05) is 5.32 Å². The third-order valence-electron chi connectivity index (χ3n) is 2.67. The fraction of sp³-hybridized carbons (Fsp3) is 0.462. The number of nitrogens with one attached hydrogen (secondary N) is 2. The fourth-order valence-electron chi connectivity index (χ4n) is 1.18. The lowest BCUT2D eigenvalue weighted by Crippen LogP contribution is -2.38. The molecule has 1 atom stereocenters. The predicted molar refractivity (Wildman–Crippen MR) is 74.8 cm³/mol. The Bertz CT molecular complexity index is 343. The van der Waals surface area contributed by atoms with E-state index >= 15 is 0 Å². The van der Waals surface area contributed by atoms with Gasteiger partial charge in [-0.15, -0.1) is 0 Å². The van der Waals surface area contributed by atoms with Gasteiger partial charge in [-0.2, -0.15) is 0 Å². The normalized spacial score (nSPS) is 12.3. The van der Waals surface area contributed by atoms with Crippen LogP contribution in [0.1, 0.15) is 26.3 Å². The Labute approximate surface area is 103 Å². The number of hydrogen-bond donors (Lipinski definition) is 2.